The van der Waals surface area contributed by atoms with E-state index >= 15 is 0 Å². The molecule has 1 aliphatic carbocycles. The normalized spacial score (nSPS) is 21.2. The first-order chi connectivity index (χ1) is 6.01. The first-order valence-electron chi connectivity index (χ1n) is 4.78. The lowest BCUT2D eigenvalue weighted by atomic mass is 9.78. The summed E-state index contributed by atoms with van der Waals surface area (Å²) in [6, 6.07) is 0. The van der Waals surface area contributed by atoms with E-state index in [1.165, 1.54) is 6.42 Å². The first-order valence-corrected chi connectivity index (χ1v) is 4.78. The quantitative estimate of drug-likeness (QED) is 0.733. The zero-order valence-electron chi connectivity index (χ0n) is 7.61. The smallest absolute Gasteiger partial charge is 0.330 e. The fourth-order valence-electron chi connectivity index (χ4n) is 1.79. The van der Waals surface area contributed by atoms with Gasteiger partial charge in [-0.3, -0.25) is 0 Å². The van der Waals surface area contributed by atoms with Crippen LogP contribution in [-0.4, -0.2) is 12.7 Å². The molecule has 1 nitrogen and oxygen atoms in total. The molecule has 0 aromatic heterocycles. The highest BCUT2D eigenvalue weighted by Gasteiger charge is 2.33. The maximum absolute atomic E-state index is 12.0. The molecule has 0 heterocycles. The summed E-state index contributed by atoms with van der Waals surface area (Å²) in [7, 11) is 0. The van der Waals surface area contributed by atoms with Crippen molar-refractivity contribution < 1.29 is 13.2 Å². The van der Waals surface area contributed by atoms with Crippen LogP contribution in [0.4, 0.5) is 13.2 Å². The highest BCUT2D eigenvalue weighted by Crippen LogP contribution is 2.35. The van der Waals surface area contributed by atoms with Crippen molar-refractivity contribution in [2.45, 2.75) is 38.3 Å². The van der Waals surface area contributed by atoms with Gasteiger partial charge in [-0.25, -0.2) is 0 Å². The predicted octanol–water partition coefficient (Wildman–Crippen LogP) is 2.70. The SMILES string of the molecule is NCC(CC1CCC1)CC(F)(F)F. The van der Waals surface area contributed by atoms with Crippen molar-refractivity contribution in [3.8, 4) is 0 Å². The summed E-state index contributed by atoms with van der Waals surface area (Å²) < 4.78 is 36.0. The van der Waals surface area contributed by atoms with Gasteiger partial charge in [-0.05, 0) is 24.8 Å². The second-order valence-corrected chi connectivity index (χ2v) is 3.95. The number of hydrogen-bond acceptors (Lipinski definition) is 1. The van der Waals surface area contributed by atoms with Crippen LogP contribution < -0.4 is 5.73 Å². The van der Waals surface area contributed by atoms with Gasteiger partial charge in [-0.1, -0.05) is 19.3 Å². The summed E-state index contributed by atoms with van der Waals surface area (Å²) in [4.78, 5) is 0. The number of alkyl halides is 3. The molecule has 1 fully saturated rings. The van der Waals surface area contributed by atoms with Gasteiger partial charge in [0.25, 0.3) is 0 Å². The molecule has 0 aromatic carbocycles. The molecule has 4 heteroatoms. The van der Waals surface area contributed by atoms with Crippen LogP contribution in [0.15, 0.2) is 0 Å². The standard InChI is InChI=1S/C9H16F3N/c10-9(11,12)5-8(6-13)4-7-2-1-3-7/h7-8H,1-6,13H2. The molecule has 0 aliphatic heterocycles. The van der Waals surface area contributed by atoms with E-state index in [4.69, 9.17) is 5.73 Å². The molecular formula is C9H16F3N. The largest absolute Gasteiger partial charge is 0.389 e. The Morgan fingerprint density at radius 3 is 2.23 bits per heavy atom. The third-order valence-corrected chi connectivity index (χ3v) is 2.74. The Kier molecular flexibility index (Phi) is 3.59. The van der Waals surface area contributed by atoms with Crippen LogP contribution in [0.1, 0.15) is 32.1 Å². The minimum atomic E-state index is -4.05. The predicted molar refractivity (Wildman–Crippen MR) is 45.2 cm³/mol. The summed E-state index contributed by atoms with van der Waals surface area (Å²) in [5.74, 6) is 0.154. The van der Waals surface area contributed by atoms with E-state index in [-0.39, 0.29) is 12.5 Å². The summed E-state index contributed by atoms with van der Waals surface area (Å²) in [6.45, 7) is 0.163. The molecular weight excluding hydrogens is 179 g/mol. The molecule has 1 unspecified atom stereocenters. The Bertz CT molecular complexity index is 151. The average molecular weight is 195 g/mol. The minimum absolute atomic E-state index is 0.163. The second-order valence-electron chi connectivity index (χ2n) is 3.95. The van der Waals surface area contributed by atoms with Gasteiger partial charge in [0.2, 0.25) is 0 Å². The van der Waals surface area contributed by atoms with Gasteiger partial charge in [-0.2, -0.15) is 13.2 Å². The van der Waals surface area contributed by atoms with E-state index in [9.17, 15) is 13.2 Å². The van der Waals surface area contributed by atoms with Crippen LogP contribution in [0.3, 0.4) is 0 Å². The van der Waals surface area contributed by atoms with Gasteiger partial charge in [0.1, 0.15) is 0 Å². The lowest BCUT2D eigenvalue weighted by Crippen LogP contribution is -2.26. The van der Waals surface area contributed by atoms with Crippen LogP contribution in [0, 0.1) is 11.8 Å². The van der Waals surface area contributed by atoms with Crippen LogP contribution in [0.5, 0.6) is 0 Å². The Morgan fingerprint density at radius 1 is 1.31 bits per heavy atom. The Labute approximate surface area is 76.5 Å². The van der Waals surface area contributed by atoms with Crippen LogP contribution in [-0.2, 0) is 0 Å². The van der Waals surface area contributed by atoms with Crippen LogP contribution in [0.25, 0.3) is 0 Å². The maximum Gasteiger partial charge on any atom is 0.389 e. The van der Waals surface area contributed by atoms with E-state index in [2.05, 4.69) is 0 Å². The topological polar surface area (TPSA) is 26.0 Å². The summed E-state index contributed by atoms with van der Waals surface area (Å²) in [5.41, 5.74) is 5.31. The fraction of sp³-hybridized carbons (Fsp3) is 1.00. The lowest BCUT2D eigenvalue weighted by Gasteiger charge is -2.29. The van der Waals surface area contributed by atoms with Crippen molar-refractivity contribution in [3.63, 3.8) is 0 Å². The van der Waals surface area contributed by atoms with Gasteiger partial charge >= 0.3 is 6.18 Å². The molecule has 0 bridgehead atoms. The first kappa shape index (κ1) is 10.8. The van der Waals surface area contributed by atoms with Crippen molar-refractivity contribution in [1.29, 1.82) is 0 Å². The van der Waals surface area contributed by atoms with Crippen molar-refractivity contribution in [2.75, 3.05) is 6.54 Å². The Balaban J connectivity index is 2.25. The van der Waals surface area contributed by atoms with Crippen molar-refractivity contribution in [2.24, 2.45) is 17.6 Å². The van der Waals surface area contributed by atoms with E-state index < -0.39 is 12.6 Å². The molecule has 0 aromatic rings. The molecule has 0 amide bonds. The van der Waals surface area contributed by atoms with Gasteiger partial charge < -0.3 is 5.73 Å². The van der Waals surface area contributed by atoms with Crippen molar-refractivity contribution in [1.82, 2.24) is 0 Å². The number of nitrogens with two attached hydrogens (primary N) is 1. The van der Waals surface area contributed by atoms with Crippen molar-refractivity contribution >= 4 is 0 Å². The lowest BCUT2D eigenvalue weighted by molar-refractivity contribution is -0.145. The van der Waals surface area contributed by atoms with Crippen LogP contribution in [0.2, 0.25) is 0 Å². The second kappa shape index (κ2) is 4.31. The monoisotopic (exact) mass is 195 g/mol. The van der Waals surface area contributed by atoms with Crippen LogP contribution >= 0.6 is 0 Å². The van der Waals surface area contributed by atoms with E-state index in [1.807, 2.05) is 0 Å². The number of halogens is 3. The van der Waals surface area contributed by atoms with E-state index in [0.717, 1.165) is 12.8 Å². The molecule has 78 valence electrons. The zero-order valence-corrected chi connectivity index (χ0v) is 7.61. The van der Waals surface area contributed by atoms with Gasteiger partial charge in [-0.15, -0.1) is 0 Å². The molecule has 13 heavy (non-hydrogen) atoms. The van der Waals surface area contributed by atoms with Gasteiger partial charge in [0.15, 0.2) is 0 Å². The third kappa shape index (κ3) is 3.98. The van der Waals surface area contributed by atoms with Crippen molar-refractivity contribution in [3.05, 3.63) is 0 Å². The molecule has 1 saturated carbocycles. The number of hydrogen-bond donors (Lipinski definition) is 1. The maximum atomic E-state index is 12.0. The van der Waals surface area contributed by atoms with Gasteiger partial charge in [0, 0.05) is 6.42 Å². The molecule has 0 saturated heterocycles. The molecule has 0 spiro atoms. The van der Waals surface area contributed by atoms with Gasteiger partial charge in [0.05, 0.1) is 0 Å². The average Bonchev–Trinajstić information content (AvgIpc) is 1.91. The highest BCUT2D eigenvalue weighted by atomic mass is 19.4. The molecule has 1 atom stereocenters. The zero-order chi connectivity index (χ0) is 9.90. The number of rotatable bonds is 4. The summed E-state index contributed by atoms with van der Waals surface area (Å²) in [5, 5.41) is 0. The van der Waals surface area contributed by atoms with E-state index in [0.29, 0.717) is 12.3 Å². The summed E-state index contributed by atoms with van der Waals surface area (Å²) >= 11 is 0. The van der Waals surface area contributed by atoms with E-state index in [1.54, 1.807) is 0 Å². The molecule has 1 aliphatic rings. The molecule has 0 radical (unpaired) electrons. The Morgan fingerprint density at radius 2 is 1.92 bits per heavy atom. The molecule has 1 rings (SSSR count). The third-order valence-electron chi connectivity index (χ3n) is 2.74. The summed E-state index contributed by atoms with van der Waals surface area (Å²) in [6.07, 6.45) is -0.736. The fourth-order valence-corrected chi connectivity index (χ4v) is 1.79. The molecule has 2 N–H and O–H groups in total. The minimum Gasteiger partial charge on any atom is -0.330 e. The highest BCUT2D eigenvalue weighted by molar-refractivity contribution is 4.75. The Hall–Kier alpha value is -0.250.